The van der Waals surface area contributed by atoms with E-state index in [1.54, 1.807) is 34.6 Å². The van der Waals surface area contributed by atoms with Gasteiger partial charge in [0.1, 0.15) is 5.75 Å². The number of hydrogen-bond donors (Lipinski definition) is 4. The van der Waals surface area contributed by atoms with Gasteiger partial charge in [-0.05, 0) is 62.2 Å². The Kier molecular flexibility index (Phi) is 8.42. The van der Waals surface area contributed by atoms with E-state index in [1.165, 1.54) is 5.56 Å². The van der Waals surface area contributed by atoms with Crippen LogP contribution in [0.5, 0.6) is 5.75 Å². The first-order chi connectivity index (χ1) is 18.3. The maximum absolute atomic E-state index is 13.1. The second kappa shape index (κ2) is 11.9. The summed E-state index contributed by atoms with van der Waals surface area (Å²) in [5, 5.41) is 15.8. The molecular formula is C28H33N5O5. The Morgan fingerprint density at radius 1 is 1.13 bits per heavy atom. The maximum atomic E-state index is 13.1. The van der Waals surface area contributed by atoms with E-state index in [0.29, 0.717) is 43.9 Å². The molecule has 10 heteroatoms. The Morgan fingerprint density at radius 2 is 1.89 bits per heavy atom. The summed E-state index contributed by atoms with van der Waals surface area (Å²) < 4.78 is 5.93. The molecule has 1 fully saturated rings. The Morgan fingerprint density at radius 3 is 2.63 bits per heavy atom. The number of aromatic nitrogens is 1. The summed E-state index contributed by atoms with van der Waals surface area (Å²) >= 11 is 0. The number of carbonyl (C=O) groups excluding carboxylic acids is 3. The fraction of sp³-hybridized carbons (Fsp3) is 0.357. The van der Waals surface area contributed by atoms with Crippen LogP contribution >= 0.6 is 0 Å². The molecule has 4 N–H and O–H groups in total. The first kappa shape index (κ1) is 26.9. The van der Waals surface area contributed by atoms with Gasteiger partial charge in [-0.15, -0.1) is 0 Å². The van der Waals surface area contributed by atoms with Gasteiger partial charge in [-0.25, -0.2) is 10.3 Å². The number of ether oxygens (including phenoxy) is 1. The summed E-state index contributed by atoms with van der Waals surface area (Å²) in [6.07, 6.45) is 0.937. The molecule has 200 valence electrons. The molecule has 0 radical (unpaired) electrons. The van der Waals surface area contributed by atoms with Gasteiger partial charge in [0.05, 0.1) is 24.1 Å². The summed E-state index contributed by atoms with van der Waals surface area (Å²) in [4.78, 5) is 43.5. The highest BCUT2D eigenvalue weighted by atomic mass is 16.5. The van der Waals surface area contributed by atoms with Crippen molar-refractivity contribution in [3.8, 4) is 5.75 Å². The van der Waals surface area contributed by atoms with Crippen molar-refractivity contribution in [3.05, 3.63) is 71.4 Å². The maximum Gasteiger partial charge on any atom is 0.317 e. The fourth-order valence-corrected chi connectivity index (χ4v) is 4.84. The van der Waals surface area contributed by atoms with Crippen molar-refractivity contribution >= 4 is 28.7 Å². The Bertz CT molecular complexity index is 1310. The molecule has 38 heavy (non-hydrogen) atoms. The minimum absolute atomic E-state index is 0.155. The van der Waals surface area contributed by atoms with Crippen molar-refractivity contribution in [2.45, 2.75) is 38.6 Å². The lowest BCUT2D eigenvalue weighted by atomic mass is 9.93. The van der Waals surface area contributed by atoms with E-state index < -0.39 is 11.4 Å². The largest absolute Gasteiger partial charge is 0.493 e. The fourth-order valence-electron chi connectivity index (χ4n) is 4.84. The van der Waals surface area contributed by atoms with E-state index in [2.05, 4.69) is 27.8 Å². The van der Waals surface area contributed by atoms with Crippen LogP contribution in [0.25, 0.3) is 10.9 Å². The van der Waals surface area contributed by atoms with E-state index in [9.17, 15) is 14.4 Å². The zero-order valence-electron chi connectivity index (χ0n) is 21.6. The minimum atomic E-state index is -0.990. The van der Waals surface area contributed by atoms with Gasteiger partial charge in [0.25, 0.3) is 5.91 Å². The first-order valence-electron chi connectivity index (χ1n) is 12.7. The predicted molar refractivity (Wildman–Crippen MR) is 142 cm³/mol. The quantitative estimate of drug-likeness (QED) is 0.254. The lowest BCUT2D eigenvalue weighted by molar-refractivity contribution is -0.130. The lowest BCUT2D eigenvalue weighted by Crippen LogP contribution is -2.54. The van der Waals surface area contributed by atoms with Crippen LogP contribution < -0.4 is 20.9 Å². The highest BCUT2D eigenvalue weighted by Crippen LogP contribution is 2.26. The zero-order chi connectivity index (χ0) is 27.1. The van der Waals surface area contributed by atoms with Crippen molar-refractivity contribution in [3.63, 3.8) is 0 Å². The van der Waals surface area contributed by atoms with Gasteiger partial charge in [-0.1, -0.05) is 18.2 Å². The third kappa shape index (κ3) is 6.38. The third-order valence-electron chi connectivity index (χ3n) is 6.66. The number of carbonyl (C=O) groups is 3. The number of nitrogens with one attached hydrogen (secondary N) is 3. The number of likely N-dealkylation sites (tertiary alicyclic amines) is 1. The summed E-state index contributed by atoms with van der Waals surface area (Å²) in [5.41, 5.74) is 4.11. The van der Waals surface area contributed by atoms with Gasteiger partial charge in [0, 0.05) is 42.7 Å². The first-order valence-corrected chi connectivity index (χ1v) is 12.7. The van der Waals surface area contributed by atoms with E-state index in [1.807, 2.05) is 32.0 Å². The van der Waals surface area contributed by atoms with E-state index >= 15 is 0 Å². The van der Waals surface area contributed by atoms with Gasteiger partial charge in [-0.3, -0.25) is 19.8 Å². The average Bonchev–Trinajstić information content (AvgIpc) is 3.32. The number of para-hydroxylation sites is 1. The van der Waals surface area contributed by atoms with Crippen LogP contribution in [-0.2, 0) is 11.2 Å². The standard InChI is InChI=1S/C28H33N5O5/c1-3-29-27(36)33-14-13-28(18-33,17-25(34)32-37)31-26(35)20-8-10-22(11-9-20)38-15-12-21-16-19(2)30-24-7-5-4-6-23(21)24/h4-11,16,37H,3,12-15,17-18H2,1-2H3,(H,29,36)(H,31,35)(H,32,34). The van der Waals surface area contributed by atoms with Gasteiger partial charge < -0.3 is 20.3 Å². The molecule has 2 heterocycles. The number of pyridine rings is 1. The highest BCUT2D eigenvalue weighted by Gasteiger charge is 2.43. The molecule has 1 aliphatic rings. The molecule has 0 bridgehead atoms. The summed E-state index contributed by atoms with van der Waals surface area (Å²) in [5.74, 6) is -0.378. The number of amides is 4. The molecule has 1 saturated heterocycles. The smallest absolute Gasteiger partial charge is 0.317 e. The van der Waals surface area contributed by atoms with Gasteiger partial charge in [-0.2, -0.15) is 0 Å². The van der Waals surface area contributed by atoms with E-state index in [4.69, 9.17) is 9.94 Å². The number of hydroxylamine groups is 1. The van der Waals surface area contributed by atoms with Crippen molar-refractivity contribution in [1.82, 2.24) is 26.0 Å². The summed E-state index contributed by atoms with van der Waals surface area (Å²) in [6, 6.07) is 16.6. The van der Waals surface area contributed by atoms with Crippen LogP contribution in [-0.4, -0.2) is 64.7 Å². The average molecular weight is 520 g/mol. The number of rotatable bonds is 9. The highest BCUT2D eigenvalue weighted by molar-refractivity contribution is 5.95. The van der Waals surface area contributed by atoms with Crippen molar-refractivity contribution in [2.24, 2.45) is 0 Å². The van der Waals surface area contributed by atoms with Gasteiger partial charge in [0.15, 0.2) is 0 Å². The van der Waals surface area contributed by atoms with Gasteiger partial charge >= 0.3 is 6.03 Å². The predicted octanol–water partition coefficient (Wildman–Crippen LogP) is 2.96. The topological polar surface area (TPSA) is 133 Å². The number of benzene rings is 2. The van der Waals surface area contributed by atoms with Crippen molar-refractivity contribution < 1.29 is 24.3 Å². The van der Waals surface area contributed by atoms with Crippen LogP contribution in [0.3, 0.4) is 0 Å². The molecule has 0 aliphatic carbocycles. The van der Waals surface area contributed by atoms with Gasteiger partial charge in [0.2, 0.25) is 5.91 Å². The number of nitrogens with zero attached hydrogens (tertiary/aromatic N) is 2. The Hall–Kier alpha value is -4.18. The number of aryl methyl sites for hydroxylation is 1. The molecule has 2 aromatic carbocycles. The van der Waals surface area contributed by atoms with Crippen LogP contribution in [0.4, 0.5) is 4.79 Å². The SMILES string of the molecule is CCNC(=O)N1CCC(CC(=O)NO)(NC(=O)c2ccc(OCCc3cc(C)nc4ccccc34)cc2)C1. The van der Waals surface area contributed by atoms with Crippen LogP contribution in [0.15, 0.2) is 54.6 Å². The van der Waals surface area contributed by atoms with Crippen LogP contribution in [0, 0.1) is 6.92 Å². The van der Waals surface area contributed by atoms with Crippen LogP contribution in [0.1, 0.15) is 41.4 Å². The summed E-state index contributed by atoms with van der Waals surface area (Å²) in [6.45, 7) is 5.26. The minimum Gasteiger partial charge on any atom is -0.493 e. The van der Waals surface area contributed by atoms with E-state index in [-0.39, 0.29) is 24.9 Å². The molecular weight excluding hydrogens is 486 g/mol. The summed E-state index contributed by atoms with van der Waals surface area (Å²) in [7, 11) is 0. The Balaban J connectivity index is 1.38. The number of fused-ring (bicyclic) bond motifs is 1. The zero-order valence-corrected chi connectivity index (χ0v) is 21.6. The van der Waals surface area contributed by atoms with Crippen LogP contribution in [0.2, 0.25) is 0 Å². The molecule has 3 aromatic rings. The van der Waals surface area contributed by atoms with Crippen molar-refractivity contribution in [2.75, 3.05) is 26.2 Å². The molecule has 0 spiro atoms. The molecule has 10 nitrogen and oxygen atoms in total. The second-order valence-electron chi connectivity index (χ2n) is 9.52. The normalized spacial score (nSPS) is 16.8. The molecule has 1 aliphatic heterocycles. The van der Waals surface area contributed by atoms with Crippen molar-refractivity contribution in [1.29, 1.82) is 0 Å². The number of urea groups is 1. The number of hydrogen-bond acceptors (Lipinski definition) is 6. The molecule has 4 rings (SSSR count). The monoisotopic (exact) mass is 519 g/mol. The lowest BCUT2D eigenvalue weighted by Gasteiger charge is -2.30. The molecule has 0 saturated carbocycles. The Labute approximate surface area is 221 Å². The molecule has 4 amide bonds. The van der Waals surface area contributed by atoms with E-state index in [0.717, 1.165) is 16.6 Å². The molecule has 1 unspecified atom stereocenters. The second-order valence-corrected chi connectivity index (χ2v) is 9.52. The third-order valence-corrected chi connectivity index (χ3v) is 6.66. The molecule has 1 atom stereocenters. The molecule has 1 aromatic heterocycles.